The molecule has 9 nitrogen and oxygen atoms in total. The van der Waals surface area contributed by atoms with E-state index in [9.17, 15) is 14.9 Å². The van der Waals surface area contributed by atoms with Crippen molar-refractivity contribution in [1.29, 1.82) is 5.26 Å². The topological polar surface area (TPSA) is 116 Å². The Labute approximate surface area is 197 Å². The van der Waals surface area contributed by atoms with Crippen molar-refractivity contribution in [2.24, 2.45) is 5.92 Å². The maximum Gasteiger partial charge on any atom is 0.266 e. The minimum Gasteiger partial charge on any atom is -0.459 e. The van der Waals surface area contributed by atoms with Gasteiger partial charge in [-0.2, -0.15) is 10.2 Å². The Bertz CT molecular complexity index is 1220. The molecule has 0 saturated carbocycles. The fraction of sp³-hybridized carbons (Fsp3) is 0.360. The van der Waals surface area contributed by atoms with Crippen LogP contribution in [0.2, 0.25) is 0 Å². The van der Waals surface area contributed by atoms with Gasteiger partial charge in [-0.25, -0.2) is 0 Å². The standard InChI is InChI=1S/C25H25N5O4/c26-15-20-25(34-24(28-20)21-6-3-13-33-21)29-11-8-18(9-12-29)23(32)27-19-5-1-4-17(14-19)16-30-10-2-7-22(30)31/h1,3-6,13-14,18H,2,7-12,16H2,(H,27,32). The first kappa shape index (κ1) is 21.8. The van der Waals surface area contributed by atoms with Crippen LogP contribution in [0.4, 0.5) is 11.6 Å². The minimum absolute atomic E-state index is 0.0246. The third-order valence-corrected chi connectivity index (χ3v) is 6.34. The van der Waals surface area contributed by atoms with Gasteiger partial charge in [0.05, 0.1) is 6.26 Å². The summed E-state index contributed by atoms with van der Waals surface area (Å²) < 4.78 is 11.1. The van der Waals surface area contributed by atoms with E-state index >= 15 is 0 Å². The molecule has 2 aliphatic rings. The van der Waals surface area contributed by atoms with Gasteiger partial charge in [0.2, 0.25) is 23.4 Å². The van der Waals surface area contributed by atoms with Crippen molar-refractivity contribution in [3.63, 3.8) is 0 Å². The van der Waals surface area contributed by atoms with Crippen molar-refractivity contribution < 1.29 is 18.4 Å². The molecule has 2 amide bonds. The molecule has 174 valence electrons. The van der Waals surface area contributed by atoms with Gasteiger partial charge < -0.3 is 24.0 Å². The van der Waals surface area contributed by atoms with Crippen molar-refractivity contribution >= 4 is 23.4 Å². The Hall–Kier alpha value is -4.06. The van der Waals surface area contributed by atoms with Crippen LogP contribution in [0.15, 0.2) is 51.5 Å². The highest BCUT2D eigenvalue weighted by Crippen LogP contribution is 2.31. The van der Waals surface area contributed by atoms with E-state index in [-0.39, 0.29) is 29.3 Å². The molecular formula is C25H25N5O4. The van der Waals surface area contributed by atoms with Gasteiger partial charge in [-0.05, 0) is 49.1 Å². The monoisotopic (exact) mass is 459 g/mol. The largest absolute Gasteiger partial charge is 0.459 e. The van der Waals surface area contributed by atoms with Crippen LogP contribution in [0.5, 0.6) is 0 Å². The van der Waals surface area contributed by atoms with Gasteiger partial charge in [0, 0.05) is 44.2 Å². The number of oxazole rings is 1. The minimum atomic E-state index is -0.141. The Morgan fingerprint density at radius 2 is 2.06 bits per heavy atom. The molecule has 2 fully saturated rings. The number of nitrogens with zero attached hydrogens (tertiary/aromatic N) is 4. The quantitative estimate of drug-likeness (QED) is 0.596. The molecule has 34 heavy (non-hydrogen) atoms. The number of anilines is 2. The van der Waals surface area contributed by atoms with Gasteiger partial charge in [0.15, 0.2) is 5.76 Å². The Balaban J connectivity index is 1.19. The molecule has 9 heteroatoms. The summed E-state index contributed by atoms with van der Waals surface area (Å²) in [5.41, 5.74) is 1.95. The molecular weight excluding hydrogens is 434 g/mol. The van der Waals surface area contributed by atoms with Crippen molar-refractivity contribution in [2.45, 2.75) is 32.2 Å². The van der Waals surface area contributed by atoms with Gasteiger partial charge >= 0.3 is 0 Å². The van der Waals surface area contributed by atoms with Crippen LogP contribution >= 0.6 is 0 Å². The SMILES string of the molecule is N#Cc1nc(-c2ccco2)oc1N1CCC(C(=O)Nc2cccc(CN3CCCC3=O)c2)CC1. The van der Waals surface area contributed by atoms with Crippen LogP contribution in [0.1, 0.15) is 36.9 Å². The summed E-state index contributed by atoms with van der Waals surface area (Å²) in [7, 11) is 0. The predicted octanol–water partition coefficient (Wildman–Crippen LogP) is 3.78. The number of carbonyl (C=O) groups is 2. The maximum atomic E-state index is 12.9. The van der Waals surface area contributed by atoms with Gasteiger partial charge in [-0.15, -0.1) is 0 Å². The van der Waals surface area contributed by atoms with E-state index in [1.807, 2.05) is 34.1 Å². The zero-order valence-electron chi connectivity index (χ0n) is 18.7. The number of hydrogen-bond donors (Lipinski definition) is 1. The molecule has 2 saturated heterocycles. The molecule has 0 unspecified atom stereocenters. The lowest BCUT2D eigenvalue weighted by Crippen LogP contribution is -2.38. The first-order valence-corrected chi connectivity index (χ1v) is 11.5. The van der Waals surface area contributed by atoms with Gasteiger partial charge in [-0.1, -0.05) is 12.1 Å². The van der Waals surface area contributed by atoms with E-state index in [0.717, 1.165) is 24.2 Å². The number of piperidine rings is 1. The molecule has 3 aromatic rings. The number of aromatic nitrogens is 1. The molecule has 0 bridgehead atoms. The summed E-state index contributed by atoms with van der Waals surface area (Å²) in [6.45, 7) is 2.52. The number of amides is 2. The molecule has 1 N–H and O–H groups in total. The number of carbonyl (C=O) groups excluding carboxylic acids is 2. The Morgan fingerprint density at radius 3 is 2.76 bits per heavy atom. The van der Waals surface area contributed by atoms with Crippen molar-refractivity contribution in [3.05, 3.63) is 53.9 Å². The third kappa shape index (κ3) is 4.53. The van der Waals surface area contributed by atoms with Crippen LogP contribution in [0.25, 0.3) is 11.7 Å². The summed E-state index contributed by atoms with van der Waals surface area (Å²) in [5, 5.41) is 12.5. The van der Waals surface area contributed by atoms with Crippen LogP contribution in [-0.4, -0.2) is 41.3 Å². The number of benzene rings is 1. The van der Waals surface area contributed by atoms with Crippen molar-refractivity contribution in [1.82, 2.24) is 9.88 Å². The van der Waals surface area contributed by atoms with Gasteiger partial charge in [0.1, 0.15) is 6.07 Å². The van der Waals surface area contributed by atoms with E-state index in [4.69, 9.17) is 8.83 Å². The van der Waals surface area contributed by atoms with Crippen LogP contribution in [0.3, 0.4) is 0 Å². The lowest BCUT2D eigenvalue weighted by atomic mass is 9.95. The molecule has 1 aromatic carbocycles. The van der Waals surface area contributed by atoms with E-state index < -0.39 is 0 Å². The zero-order chi connectivity index (χ0) is 23.5. The second-order valence-electron chi connectivity index (χ2n) is 8.63. The maximum absolute atomic E-state index is 12.9. The molecule has 0 atom stereocenters. The zero-order valence-corrected chi connectivity index (χ0v) is 18.7. The van der Waals surface area contributed by atoms with Crippen molar-refractivity contribution in [2.75, 3.05) is 29.9 Å². The van der Waals surface area contributed by atoms with Crippen LogP contribution < -0.4 is 10.2 Å². The highest BCUT2D eigenvalue weighted by Gasteiger charge is 2.29. The number of rotatable bonds is 6. The molecule has 0 radical (unpaired) electrons. The lowest BCUT2D eigenvalue weighted by molar-refractivity contribution is -0.128. The average molecular weight is 460 g/mol. The molecule has 0 aliphatic carbocycles. The second-order valence-corrected chi connectivity index (χ2v) is 8.63. The lowest BCUT2D eigenvalue weighted by Gasteiger charge is -2.31. The first-order chi connectivity index (χ1) is 16.6. The average Bonchev–Trinajstić information content (AvgIpc) is 3.61. The summed E-state index contributed by atoms with van der Waals surface area (Å²) >= 11 is 0. The van der Waals surface area contributed by atoms with E-state index in [1.54, 1.807) is 12.1 Å². The number of hydrogen-bond acceptors (Lipinski definition) is 7. The number of furan rings is 1. The molecule has 2 aromatic heterocycles. The van der Waals surface area contributed by atoms with Gasteiger partial charge in [-0.3, -0.25) is 9.59 Å². The smallest absolute Gasteiger partial charge is 0.266 e. The second kappa shape index (κ2) is 9.43. The summed E-state index contributed by atoms with van der Waals surface area (Å²) in [6, 6.07) is 13.2. The molecule has 2 aliphatic heterocycles. The highest BCUT2D eigenvalue weighted by atomic mass is 16.4. The molecule has 0 spiro atoms. The number of nitrogens with one attached hydrogen (secondary N) is 1. The number of nitriles is 1. The normalized spacial score (nSPS) is 16.6. The Morgan fingerprint density at radius 1 is 1.21 bits per heavy atom. The Kier molecular flexibility index (Phi) is 6.04. The van der Waals surface area contributed by atoms with Gasteiger partial charge in [0.25, 0.3) is 5.89 Å². The summed E-state index contributed by atoms with van der Waals surface area (Å²) in [5.74, 6) is 1.17. The van der Waals surface area contributed by atoms with E-state index in [2.05, 4.69) is 16.4 Å². The number of likely N-dealkylation sites (tertiary alicyclic amines) is 1. The fourth-order valence-corrected chi connectivity index (χ4v) is 4.53. The van der Waals surface area contributed by atoms with Crippen LogP contribution in [0, 0.1) is 17.2 Å². The highest BCUT2D eigenvalue weighted by molar-refractivity contribution is 5.92. The predicted molar refractivity (Wildman–Crippen MR) is 124 cm³/mol. The third-order valence-electron chi connectivity index (χ3n) is 6.34. The first-order valence-electron chi connectivity index (χ1n) is 11.5. The van der Waals surface area contributed by atoms with Crippen molar-refractivity contribution in [3.8, 4) is 17.7 Å². The van der Waals surface area contributed by atoms with Crippen LogP contribution in [-0.2, 0) is 16.1 Å². The van der Waals surface area contributed by atoms with E-state index in [1.165, 1.54) is 6.26 Å². The molecule has 5 rings (SSSR count). The fourth-order valence-electron chi connectivity index (χ4n) is 4.53. The van der Waals surface area contributed by atoms with E-state index in [0.29, 0.717) is 50.5 Å². The molecule has 4 heterocycles. The summed E-state index contributed by atoms with van der Waals surface area (Å²) in [6.07, 6.45) is 4.31. The summed E-state index contributed by atoms with van der Waals surface area (Å²) in [4.78, 5) is 32.9.